The third-order valence-electron chi connectivity index (χ3n) is 4.17. The normalized spacial score (nSPS) is 19.0. The highest BCUT2D eigenvalue weighted by atomic mass is 35.5. The fraction of sp³-hybridized carbons (Fsp3) is 0.438. The molecule has 1 atom stereocenters. The van der Waals surface area contributed by atoms with Gasteiger partial charge >= 0.3 is 6.18 Å². The first-order valence-corrected chi connectivity index (χ1v) is 8.36. The molecular formula is C16H19ClF3N3S. The molecule has 1 aliphatic rings. The van der Waals surface area contributed by atoms with Crippen LogP contribution in [0.25, 0.3) is 0 Å². The summed E-state index contributed by atoms with van der Waals surface area (Å²) in [5.74, 6) is 0. The van der Waals surface area contributed by atoms with Gasteiger partial charge in [-0.15, -0.1) is 23.7 Å². The van der Waals surface area contributed by atoms with Gasteiger partial charge in [-0.2, -0.15) is 13.2 Å². The lowest BCUT2D eigenvalue weighted by Crippen LogP contribution is -2.32. The van der Waals surface area contributed by atoms with Crippen molar-refractivity contribution in [2.24, 2.45) is 0 Å². The molecule has 1 fully saturated rings. The number of alkyl halides is 3. The van der Waals surface area contributed by atoms with Crippen LogP contribution in [0.4, 0.5) is 18.3 Å². The minimum Gasteiger partial charge on any atom is -0.375 e. The van der Waals surface area contributed by atoms with E-state index in [0.717, 1.165) is 42.8 Å². The number of halogens is 4. The van der Waals surface area contributed by atoms with Gasteiger partial charge in [0.05, 0.1) is 5.56 Å². The summed E-state index contributed by atoms with van der Waals surface area (Å²) in [6.45, 7) is 1.67. The molecule has 24 heavy (non-hydrogen) atoms. The second kappa shape index (κ2) is 7.72. The van der Waals surface area contributed by atoms with E-state index >= 15 is 0 Å². The van der Waals surface area contributed by atoms with Gasteiger partial charge in [0.25, 0.3) is 0 Å². The summed E-state index contributed by atoms with van der Waals surface area (Å²) >= 11 is 1.46. The van der Waals surface area contributed by atoms with E-state index in [4.69, 9.17) is 5.73 Å². The molecule has 1 saturated heterocycles. The third kappa shape index (κ3) is 4.40. The van der Waals surface area contributed by atoms with Crippen LogP contribution in [0.5, 0.6) is 0 Å². The highest BCUT2D eigenvalue weighted by molar-refractivity contribution is 7.15. The van der Waals surface area contributed by atoms with Gasteiger partial charge in [-0.1, -0.05) is 18.6 Å². The number of anilines is 1. The second-order valence-electron chi connectivity index (χ2n) is 5.77. The third-order valence-corrected chi connectivity index (χ3v) is 4.98. The number of nitrogen functional groups attached to an aromatic ring is 1. The van der Waals surface area contributed by atoms with Crippen molar-refractivity contribution in [1.82, 2.24) is 9.88 Å². The number of thiazole rings is 1. The van der Waals surface area contributed by atoms with Gasteiger partial charge in [0.15, 0.2) is 5.13 Å². The molecule has 0 radical (unpaired) electrons. The highest BCUT2D eigenvalue weighted by Crippen LogP contribution is 2.35. The molecule has 1 aromatic carbocycles. The Morgan fingerprint density at radius 1 is 1.21 bits per heavy atom. The van der Waals surface area contributed by atoms with Crippen LogP contribution in [0.2, 0.25) is 0 Å². The summed E-state index contributed by atoms with van der Waals surface area (Å²) in [4.78, 5) is 7.45. The van der Waals surface area contributed by atoms with E-state index < -0.39 is 11.7 Å². The van der Waals surface area contributed by atoms with Crippen molar-refractivity contribution in [3.05, 3.63) is 46.5 Å². The number of hydrogen-bond donors (Lipinski definition) is 1. The summed E-state index contributed by atoms with van der Waals surface area (Å²) < 4.78 is 38.1. The smallest absolute Gasteiger partial charge is 0.375 e. The number of rotatable bonds is 3. The Balaban J connectivity index is 0.00000208. The Morgan fingerprint density at radius 2 is 1.92 bits per heavy atom. The van der Waals surface area contributed by atoms with Crippen molar-refractivity contribution in [1.29, 1.82) is 0 Å². The van der Waals surface area contributed by atoms with Crippen LogP contribution in [0.3, 0.4) is 0 Å². The fourth-order valence-corrected chi connectivity index (χ4v) is 3.76. The van der Waals surface area contributed by atoms with E-state index in [1.807, 2.05) is 0 Å². The Labute approximate surface area is 149 Å². The average molecular weight is 378 g/mol. The lowest BCUT2D eigenvalue weighted by Gasteiger charge is -2.35. The second-order valence-corrected chi connectivity index (χ2v) is 6.91. The minimum atomic E-state index is -4.29. The zero-order valence-electron chi connectivity index (χ0n) is 12.9. The van der Waals surface area contributed by atoms with E-state index in [9.17, 15) is 13.2 Å². The molecule has 2 N–H and O–H groups in total. The Hall–Kier alpha value is -1.31. The number of piperidine rings is 1. The molecule has 132 valence electrons. The molecule has 2 aromatic rings. The first-order valence-electron chi connectivity index (χ1n) is 7.55. The van der Waals surface area contributed by atoms with Crippen molar-refractivity contribution < 1.29 is 13.2 Å². The van der Waals surface area contributed by atoms with E-state index in [1.54, 1.807) is 18.3 Å². The SMILES string of the molecule is Cl.Nc1ncc(CN2CCCCC2c2ccc(C(F)(F)F)cc2)s1. The van der Waals surface area contributed by atoms with Gasteiger partial charge in [-0.25, -0.2) is 4.98 Å². The monoisotopic (exact) mass is 377 g/mol. The van der Waals surface area contributed by atoms with Crippen LogP contribution in [0.15, 0.2) is 30.5 Å². The van der Waals surface area contributed by atoms with E-state index in [0.29, 0.717) is 5.13 Å². The van der Waals surface area contributed by atoms with Gasteiger partial charge in [0.2, 0.25) is 0 Å². The standard InChI is InChI=1S/C16H18F3N3S.ClH/c17-16(18,19)12-6-4-11(5-7-12)14-3-1-2-8-22(14)10-13-9-21-15(20)23-13;/h4-7,9,14H,1-3,8,10H2,(H2,20,21);1H. The van der Waals surface area contributed by atoms with Gasteiger partial charge in [0, 0.05) is 23.7 Å². The van der Waals surface area contributed by atoms with Crippen LogP contribution in [-0.4, -0.2) is 16.4 Å². The molecule has 1 aromatic heterocycles. The van der Waals surface area contributed by atoms with Crippen LogP contribution in [-0.2, 0) is 12.7 Å². The molecule has 3 rings (SSSR count). The van der Waals surface area contributed by atoms with Crippen molar-refractivity contribution in [3.63, 3.8) is 0 Å². The van der Waals surface area contributed by atoms with Crippen molar-refractivity contribution in [3.8, 4) is 0 Å². The summed E-state index contributed by atoms with van der Waals surface area (Å²) in [5.41, 5.74) is 6.01. The van der Waals surface area contributed by atoms with E-state index in [2.05, 4.69) is 9.88 Å². The average Bonchev–Trinajstić information content (AvgIpc) is 2.92. The van der Waals surface area contributed by atoms with Gasteiger partial charge < -0.3 is 5.73 Å². The Kier molecular flexibility index (Phi) is 6.11. The zero-order valence-corrected chi connectivity index (χ0v) is 14.6. The molecule has 0 aliphatic carbocycles. The summed E-state index contributed by atoms with van der Waals surface area (Å²) in [5, 5.41) is 0.545. The molecule has 0 spiro atoms. The van der Waals surface area contributed by atoms with Crippen molar-refractivity contribution in [2.75, 3.05) is 12.3 Å². The lowest BCUT2D eigenvalue weighted by molar-refractivity contribution is -0.137. The molecule has 0 bridgehead atoms. The maximum atomic E-state index is 12.7. The predicted octanol–water partition coefficient (Wildman–Crippen LogP) is 4.89. The quantitative estimate of drug-likeness (QED) is 0.827. The van der Waals surface area contributed by atoms with Crippen LogP contribution in [0, 0.1) is 0 Å². The molecule has 0 saturated carbocycles. The Morgan fingerprint density at radius 3 is 2.50 bits per heavy atom. The largest absolute Gasteiger partial charge is 0.416 e. The number of hydrogen-bond acceptors (Lipinski definition) is 4. The maximum absolute atomic E-state index is 12.7. The summed E-state index contributed by atoms with van der Waals surface area (Å²) in [7, 11) is 0. The number of nitrogens with zero attached hydrogens (tertiary/aromatic N) is 2. The molecule has 3 nitrogen and oxygen atoms in total. The van der Waals surface area contributed by atoms with Crippen molar-refractivity contribution in [2.45, 2.75) is 38.0 Å². The number of benzene rings is 1. The number of nitrogens with two attached hydrogens (primary N) is 1. The minimum absolute atomic E-state index is 0. The lowest BCUT2D eigenvalue weighted by atomic mass is 9.94. The van der Waals surface area contributed by atoms with Gasteiger partial charge in [-0.05, 0) is 37.1 Å². The Bertz CT molecular complexity index is 657. The van der Waals surface area contributed by atoms with Crippen LogP contribution < -0.4 is 5.73 Å². The molecule has 1 unspecified atom stereocenters. The predicted molar refractivity (Wildman–Crippen MR) is 92.2 cm³/mol. The summed E-state index contributed by atoms with van der Waals surface area (Å²) in [6.07, 6.45) is 0.640. The van der Waals surface area contributed by atoms with Crippen molar-refractivity contribution >= 4 is 28.9 Å². The molecule has 2 heterocycles. The fourth-order valence-electron chi connectivity index (χ4n) is 3.05. The van der Waals surface area contributed by atoms with Gasteiger partial charge in [0.1, 0.15) is 0 Å². The highest BCUT2D eigenvalue weighted by Gasteiger charge is 2.31. The summed E-state index contributed by atoms with van der Waals surface area (Å²) in [6, 6.07) is 5.70. The van der Waals surface area contributed by atoms with Crippen LogP contribution >= 0.6 is 23.7 Å². The van der Waals surface area contributed by atoms with E-state index in [-0.39, 0.29) is 18.4 Å². The first kappa shape index (κ1) is 19.0. The van der Waals surface area contributed by atoms with Gasteiger partial charge in [-0.3, -0.25) is 4.90 Å². The topological polar surface area (TPSA) is 42.1 Å². The van der Waals surface area contributed by atoms with E-state index in [1.165, 1.54) is 23.5 Å². The molecular weight excluding hydrogens is 359 g/mol. The van der Waals surface area contributed by atoms with Crippen LogP contribution in [0.1, 0.15) is 41.3 Å². The number of aromatic nitrogens is 1. The molecule has 1 aliphatic heterocycles. The molecule has 0 amide bonds. The maximum Gasteiger partial charge on any atom is 0.416 e. The first-order chi connectivity index (χ1) is 10.9. The zero-order chi connectivity index (χ0) is 16.4. The number of likely N-dealkylation sites (tertiary alicyclic amines) is 1. The molecule has 8 heteroatoms.